The Morgan fingerprint density at radius 2 is 1.88 bits per heavy atom. The molecule has 0 saturated heterocycles. The molecule has 1 rings (SSSR count). The molecule has 0 N–H and O–H groups in total. The van der Waals surface area contributed by atoms with Gasteiger partial charge in [-0.25, -0.2) is 0 Å². The van der Waals surface area contributed by atoms with Crippen LogP contribution in [-0.4, -0.2) is 22.2 Å². The standard InChI is InChI=1S/C11H16N2O3P/c1-8(2)15-11(17-14,16-9(3)4)10-7-12-5-6-13-10/h6-9H,1-4H3. The summed E-state index contributed by atoms with van der Waals surface area (Å²) in [7, 11) is -0.306. The molecule has 0 spiro atoms. The predicted molar refractivity (Wildman–Crippen MR) is 62.6 cm³/mol. The third-order valence-electron chi connectivity index (χ3n) is 1.76. The van der Waals surface area contributed by atoms with E-state index in [-0.39, 0.29) is 20.7 Å². The molecule has 17 heavy (non-hydrogen) atoms. The maximum absolute atomic E-state index is 11.5. The zero-order valence-corrected chi connectivity index (χ0v) is 11.3. The van der Waals surface area contributed by atoms with E-state index in [2.05, 4.69) is 16.2 Å². The van der Waals surface area contributed by atoms with E-state index >= 15 is 0 Å². The maximum Gasteiger partial charge on any atom is 0.298 e. The minimum atomic E-state index is -1.40. The Labute approximate surface area is 103 Å². The van der Waals surface area contributed by atoms with Crippen molar-refractivity contribution in [1.29, 1.82) is 0 Å². The first-order valence-electron chi connectivity index (χ1n) is 5.39. The average Bonchev–Trinajstić information content (AvgIpc) is 2.28. The topological polar surface area (TPSA) is 61.3 Å². The van der Waals surface area contributed by atoms with Crippen molar-refractivity contribution in [1.82, 2.24) is 9.97 Å². The second-order valence-corrected chi connectivity index (χ2v) is 4.81. The molecule has 0 saturated carbocycles. The molecule has 0 aliphatic rings. The van der Waals surface area contributed by atoms with Crippen molar-refractivity contribution in [2.45, 2.75) is 45.4 Å². The molecule has 0 aliphatic heterocycles. The fourth-order valence-electron chi connectivity index (χ4n) is 1.30. The molecule has 1 aromatic heterocycles. The molecule has 1 heterocycles. The molecule has 5 nitrogen and oxygen atoms in total. The number of ether oxygens (including phenoxy) is 2. The van der Waals surface area contributed by atoms with Crippen LogP contribution in [-0.2, 0) is 19.6 Å². The first-order valence-corrected chi connectivity index (χ1v) is 6.20. The van der Waals surface area contributed by atoms with Crippen LogP contribution >= 0.6 is 8.46 Å². The van der Waals surface area contributed by atoms with Crippen molar-refractivity contribution in [3.63, 3.8) is 0 Å². The molecule has 0 atom stereocenters. The van der Waals surface area contributed by atoms with Crippen molar-refractivity contribution < 1.29 is 14.0 Å². The van der Waals surface area contributed by atoms with Gasteiger partial charge in [-0.15, -0.1) is 0 Å². The zero-order chi connectivity index (χ0) is 12.9. The molecular weight excluding hydrogens is 239 g/mol. The van der Waals surface area contributed by atoms with Crippen LogP contribution in [0.5, 0.6) is 0 Å². The van der Waals surface area contributed by atoms with Gasteiger partial charge in [0.15, 0.2) is 0 Å². The van der Waals surface area contributed by atoms with Crippen LogP contribution in [0.1, 0.15) is 33.4 Å². The van der Waals surface area contributed by atoms with Gasteiger partial charge in [0.05, 0.1) is 24.6 Å². The number of hydrogen-bond donors (Lipinski definition) is 0. The number of hydrogen-bond acceptors (Lipinski definition) is 5. The quantitative estimate of drug-likeness (QED) is 0.577. The lowest BCUT2D eigenvalue weighted by Crippen LogP contribution is -2.33. The molecule has 0 bridgehead atoms. The second-order valence-electron chi connectivity index (χ2n) is 4.04. The van der Waals surface area contributed by atoms with Gasteiger partial charge in [-0.3, -0.25) is 14.5 Å². The fraction of sp³-hybridized carbons (Fsp3) is 0.636. The van der Waals surface area contributed by atoms with Gasteiger partial charge in [0.2, 0.25) is 8.46 Å². The molecule has 6 heteroatoms. The summed E-state index contributed by atoms with van der Waals surface area (Å²) in [5.74, 6) is 0. The zero-order valence-electron chi connectivity index (χ0n) is 10.4. The van der Waals surface area contributed by atoms with Crippen LogP contribution < -0.4 is 0 Å². The average molecular weight is 255 g/mol. The highest BCUT2D eigenvalue weighted by Crippen LogP contribution is 2.38. The van der Waals surface area contributed by atoms with Gasteiger partial charge in [0.25, 0.3) is 5.53 Å². The lowest BCUT2D eigenvalue weighted by atomic mass is 10.4. The number of nitrogens with zero attached hydrogens (tertiary/aromatic N) is 2. The van der Waals surface area contributed by atoms with E-state index in [1.807, 2.05) is 27.7 Å². The minimum absolute atomic E-state index is 0.152. The van der Waals surface area contributed by atoms with E-state index in [1.165, 1.54) is 12.4 Å². The Hall–Kier alpha value is -0.900. The van der Waals surface area contributed by atoms with E-state index in [0.29, 0.717) is 5.69 Å². The molecule has 0 fully saturated rings. The van der Waals surface area contributed by atoms with Gasteiger partial charge >= 0.3 is 0 Å². The van der Waals surface area contributed by atoms with Crippen molar-refractivity contribution >= 4 is 8.46 Å². The Morgan fingerprint density at radius 3 is 2.24 bits per heavy atom. The van der Waals surface area contributed by atoms with Gasteiger partial charge in [0.1, 0.15) is 11.9 Å². The first-order chi connectivity index (χ1) is 8.00. The summed E-state index contributed by atoms with van der Waals surface area (Å²) in [5, 5.41) is 0. The fourth-order valence-corrected chi connectivity index (χ4v) is 2.02. The van der Waals surface area contributed by atoms with Gasteiger partial charge in [-0.05, 0) is 27.7 Å². The second kappa shape index (κ2) is 6.15. The normalized spacial score (nSPS) is 12.6. The highest BCUT2D eigenvalue weighted by atomic mass is 31.1. The molecule has 1 aromatic rings. The summed E-state index contributed by atoms with van der Waals surface area (Å²) >= 11 is 0. The summed E-state index contributed by atoms with van der Waals surface area (Å²) in [6, 6.07) is 0. The summed E-state index contributed by atoms with van der Waals surface area (Å²) in [6.45, 7) is 7.36. The van der Waals surface area contributed by atoms with E-state index < -0.39 is 5.53 Å². The van der Waals surface area contributed by atoms with Crippen LogP contribution in [0.2, 0.25) is 0 Å². The number of aromatic nitrogens is 2. The highest BCUT2D eigenvalue weighted by Gasteiger charge is 2.40. The molecule has 0 aromatic carbocycles. The Morgan fingerprint density at radius 1 is 1.29 bits per heavy atom. The van der Waals surface area contributed by atoms with Gasteiger partial charge in [-0.2, -0.15) is 0 Å². The van der Waals surface area contributed by atoms with Crippen LogP contribution in [0, 0.1) is 6.20 Å². The Balaban J connectivity index is 3.11. The SMILES string of the molecule is CC(C)OC(OC(C)C)(P=O)c1cn[c]cn1. The van der Waals surface area contributed by atoms with E-state index in [1.54, 1.807) is 0 Å². The summed E-state index contributed by atoms with van der Waals surface area (Å²) < 4.78 is 22.7. The van der Waals surface area contributed by atoms with E-state index in [9.17, 15) is 4.57 Å². The monoisotopic (exact) mass is 255 g/mol. The van der Waals surface area contributed by atoms with Gasteiger partial charge in [-0.1, -0.05) is 0 Å². The van der Waals surface area contributed by atoms with Gasteiger partial charge < -0.3 is 9.47 Å². The van der Waals surface area contributed by atoms with Crippen molar-refractivity contribution in [2.24, 2.45) is 0 Å². The third kappa shape index (κ3) is 3.80. The van der Waals surface area contributed by atoms with Crippen molar-refractivity contribution in [3.8, 4) is 0 Å². The van der Waals surface area contributed by atoms with Crippen LogP contribution in [0.25, 0.3) is 0 Å². The van der Waals surface area contributed by atoms with Crippen LogP contribution in [0.3, 0.4) is 0 Å². The van der Waals surface area contributed by atoms with E-state index in [0.717, 1.165) is 0 Å². The highest BCUT2D eigenvalue weighted by molar-refractivity contribution is 7.24. The molecule has 0 unspecified atom stereocenters. The summed E-state index contributed by atoms with van der Waals surface area (Å²) in [6.07, 6.45) is 5.09. The molecule has 0 aliphatic carbocycles. The Bertz CT molecular complexity index is 347. The molecule has 93 valence electrons. The van der Waals surface area contributed by atoms with Gasteiger partial charge in [0, 0.05) is 0 Å². The molecule has 1 radical (unpaired) electrons. The smallest absolute Gasteiger partial charge is 0.298 e. The minimum Gasteiger partial charge on any atom is -0.333 e. The van der Waals surface area contributed by atoms with Crippen LogP contribution in [0.15, 0.2) is 12.4 Å². The van der Waals surface area contributed by atoms with Crippen LogP contribution in [0.4, 0.5) is 0 Å². The van der Waals surface area contributed by atoms with Crippen molar-refractivity contribution in [2.75, 3.05) is 0 Å². The molecular formula is C11H16N2O3P. The predicted octanol–water partition coefficient (Wildman–Crippen LogP) is 2.53. The maximum atomic E-state index is 11.5. The van der Waals surface area contributed by atoms with Crippen molar-refractivity contribution in [3.05, 3.63) is 24.3 Å². The first kappa shape index (κ1) is 14.2. The number of rotatable bonds is 6. The summed E-state index contributed by atoms with van der Waals surface area (Å²) in [4.78, 5) is 7.88. The largest absolute Gasteiger partial charge is 0.333 e. The third-order valence-corrected chi connectivity index (χ3v) is 2.44. The lowest BCUT2D eigenvalue weighted by molar-refractivity contribution is -0.221. The lowest BCUT2D eigenvalue weighted by Gasteiger charge is -2.29. The molecule has 0 amide bonds. The summed E-state index contributed by atoms with van der Waals surface area (Å²) in [5.41, 5.74) is -1.03. The van der Waals surface area contributed by atoms with E-state index in [4.69, 9.17) is 9.47 Å². The Kier molecular flexibility index (Phi) is 5.12.